The number of nitrogens with one attached hydrogen (secondary N) is 1. The molecule has 11 heteroatoms. The van der Waals surface area contributed by atoms with E-state index in [4.69, 9.17) is 9.68 Å². The first-order valence-corrected chi connectivity index (χ1v) is 10.0. The number of pyridine rings is 1. The van der Waals surface area contributed by atoms with Gasteiger partial charge >= 0.3 is 0 Å². The van der Waals surface area contributed by atoms with Crippen molar-refractivity contribution in [2.45, 2.75) is 26.9 Å². The number of aryl methyl sites for hydroxylation is 1. The van der Waals surface area contributed by atoms with Gasteiger partial charge in [-0.05, 0) is 35.9 Å². The molecule has 1 aromatic carbocycles. The van der Waals surface area contributed by atoms with Gasteiger partial charge in [-0.15, -0.1) is 5.10 Å². The Bertz CT molecular complexity index is 1100. The van der Waals surface area contributed by atoms with E-state index in [-0.39, 0.29) is 12.3 Å². The molecular formula is C21H24N8O3. The highest BCUT2D eigenvalue weighted by Gasteiger charge is 2.15. The first-order chi connectivity index (χ1) is 15.6. The molecule has 0 spiro atoms. The monoisotopic (exact) mass is 436 g/mol. The third kappa shape index (κ3) is 6.17. The van der Waals surface area contributed by atoms with Crippen LogP contribution in [0.4, 0.5) is 5.82 Å². The zero-order valence-electron chi connectivity index (χ0n) is 18.1. The molecule has 0 saturated heterocycles. The maximum absolute atomic E-state index is 12.2. The Labute approximate surface area is 185 Å². The summed E-state index contributed by atoms with van der Waals surface area (Å²) in [7, 11) is 1.72. The van der Waals surface area contributed by atoms with Crippen LogP contribution in [0, 0.1) is 0 Å². The van der Waals surface area contributed by atoms with Crippen molar-refractivity contribution in [2.24, 2.45) is 17.4 Å². The van der Waals surface area contributed by atoms with Gasteiger partial charge in [0, 0.05) is 12.6 Å². The highest BCUT2D eigenvalue weighted by Crippen LogP contribution is 2.10. The first-order valence-electron chi connectivity index (χ1n) is 10.0. The Morgan fingerprint density at radius 2 is 1.91 bits per heavy atom. The summed E-state index contributed by atoms with van der Waals surface area (Å²) in [5, 5.41) is 22.2. The Balaban J connectivity index is 1.68. The molecule has 1 amide bonds. The number of hydrogen-bond acceptors (Lipinski definition) is 9. The highest BCUT2D eigenvalue weighted by atomic mass is 16.6. The van der Waals surface area contributed by atoms with Crippen molar-refractivity contribution in [1.82, 2.24) is 25.2 Å². The molecule has 0 fully saturated rings. The standard InChI is InChI=1S/C21H24N8O3/c1-4-13-31-25-15(2)21(30)23-18-12-8-11-17(22-18)14-32-26-19(16-9-6-5-7-10-16)20-24-27-28-29(20)3/h5-12H,4,13-14H2,1-3H3,(H,22,23,30). The second kappa shape index (κ2) is 11.3. The SMILES string of the molecule is CCCON=C(C)C(=O)Nc1cccc(CON=C(c2ccccc2)c2nnnn2C)n1. The van der Waals surface area contributed by atoms with Gasteiger partial charge in [0.25, 0.3) is 5.91 Å². The summed E-state index contributed by atoms with van der Waals surface area (Å²) in [4.78, 5) is 27.2. The molecule has 0 atom stereocenters. The van der Waals surface area contributed by atoms with E-state index in [0.29, 0.717) is 29.7 Å². The third-order valence-corrected chi connectivity index (χ3v) is 4.12. The van der Waals surface area contributed by atoms with Gasteiger partial charge in [0.05, 0.1) is 5.69 Å². The molecule has 166 valence electrons. The number of anilines is 1. The second-order valence-electron chi connectivity index (χ2n) is 6.68. The molecule has 0 radical (unpaired) electrons. The molecule has 32 heavy (non-hydrogen) atoms. The third-order valence-electron chi connectivity index (χ3n) is 4.12. The van der Waals surface area contributed by atoms with Crippen LogP contribution in [0.25, 0.3) is 0 Å². The maximum atomic E-state index is 12.2. The van der Waals surface area contributed by atoms with E-state index in [9.17, 15) is 4.79 Å². The summed E-state index contributed by atoms with van der Waals surface area (Å²) in [6, 6.07) is 14.7. The van der Waals surface area contributed by atoms with E-state index in [1.165, 1.54) is 4.68 Å². The van der Waals surface area contributed by atoms with Gasteiger partial charge in [-0.2, -0.15) is 0 Å². The van der Waals surface area contributed by atoms with Crippen molar-refractivity contribution < 1.29 is 14.5 Å². The fourth-order valence-electron chi connectivity index (χ4n) is 2.52. The average molecular weight is 436 g/mol. The van der Waals surface area contributed by atoms with Crippen molar-refractivity contribution in [2.75, 3.05) is 11.9 Å². The van der Waals surface area contributed by atoms with Gasteiger partial charge in [-0.25, -0.2) is 9.67 Å². The lowest BCUT2D eigenvalue weighted by atomic mass is 10.1. The minimum Gasteiger partial charge on any atom is -0.395 e. The summed E-state index contributed by atoms with van der Waals surface area (Å²) >= 11 is 0. The van der Waals surface area contributed by atoms with E-state index >= 15 is 0 Å². The quantitative estimate of drug-likeness (QED) is 0.293. The molecule has 2 heterocycles. The van der Waals surface area contributed by atoms with Crippen LogP contribution in [0.15, 0.2) is 58.8 Å². The van der Waals surface area contributed by atoms with Crippen LogP contribution >= 0.6 is 0 Å². The Kier molecular flexibility index (Phi) is 7.96. The Hall–Kier alpha value is -4.15. The van der Waals surface area contributed by atoms with Crippen LogP contribution in [0.5, 0.6) is 0 Å². The number of tetrazole rings is 1. The maximum Gasteiger partial charge on any atom is 0.274 e. The number of carbonyl (C=O) groups is 1. The van der Waals surface area contributed by atoms with Crippen molar-refractivity contribution in [3.63, 3.8) is 0 Å². The number of aromatic nitrogens is 5. The van der Waals surface area contributed by atoms with E-state index in [0.717, 1.165) is 12.0 Å². The van der Waals surface area contributed by atoms with Gasteiger partial charge in [-0.1, -0.05) is 53.6 Å². The minimum absolute atomic E-state index is 0.0814. The van der Waals surface area contributed by atoms with Crippen LogP contribution in [0.1, 0.15) is 37.4 Å². The van der Waals surface area contributed by atoms with Crippen molar-refractivity contribution in [3.05, 3.63) is 65.6 Å². The lowest BCUT2D eigenvalue weighted by molar-refractivity contribution is -0.110. The zero-order valence-corrected chi connectivity index (χ0v) is 18.1. The van der Waals surface area contributed by atoms with Crippen LogP contribution in [-0.2, 0) is 28.1 Å². The van der Waals surface area contributed by atoms with E-state index in [1.54, 1.807) is 32.2 Å². The van der Waals surface area contributed by atoms with Crippen molar-refractivity contribution in [3.8, 4) is 0 Å². The van der Waals surface area contributed by atoms with Crippen LogP contribution in [0.3, 0.4) is 0 Å². The Morgan fingerprint density at radius 3 is 2.62 bits per heavy atom. The molecule has 0 bridgehead atoms. The molecule has 3 rings (SSSR count). The lowest BCUT2D eigenvalue weighted by Gasteiger charge is -2.07. The van der Waals surface area contributed by atoms with Gasteiger partial charge in [0.1, 0.15) is 18.1 Å². The molecule has 11 nitrogen and oxygen atoms in total. The smallest absolute Gasteiger partial charge is 0.274 e. The number of rotatable bonds is 10. The number of nitrogens with zero attached hydrogens (tertiary/aromatic N) is 7. The summed E-state index contributed by atoms with van der Waals surface area (Å²) in [5.74, 6) is 0.432. The number of carbonyl (C=O) groups excluding carboxylic acids is 1. The topological polar surface area (TPSA) is 129 Å². The fourth-order valence-corrected chi connectivity index (χ4v) is 2.52. The van der Waals surface area contributed by atoms with Crippen LogP contribution in [-0.4, -0.2) is 49.1 Å². The second-order valence-corrected chi connectivity index (χ2v) is 6.68. The summed E-state index contributed by atoms with van der Waals surface area (Å²) in [5.41, 5.74) is 2.07. The normalized spacial score (nSPS) is 11.8. The predicted molar refractivity (Wildman–Crippen MR) is 118 cm³/mol. The highest BCUT2D eigenvalue weighted by molar-refractivity contribution is 6.41. The van der Waals surface area contributed by atoms with Crippen LogP contribution < -0.4 is 5.32 Å². The van der Waals surface area contributed by atoms with Crippen molar-refractivity contribution in [1.29, 1.82) is 0 Å². The summed E-state index contributed by atoms with van der Waals surface area (Å²) in [6.07, 6.45) is 0.809. The molecule has 0 aliphatic rings. The molecule has 0 aliphatic carbocycles. The van der Waals surface area contributed by atoms with E-state index in [2.05, 4.69) is 36.1 Å². The summed E-state index contributed by atoms with van der Waals surface area (Å²) < 4.78 is 1.51. The lowest BCUT2D eigenvalue weighted by Crippen LogP contribution is -2.21. The average Bonchev–Trinajstić information content (AvgIpc) is 3.23. The predicted octanol–water partition coefficient (Wildman–Crippen LogP) is 2.32. The van der Waals surface area contributed by atoms with Crippen molar-refractivity contribution >= 4 is 23.1 Å². The van der Waals surface area contributed by atoms with E-state index in [1.807, 2.05) is 37.3 Å². The molecular weight excluding hydrogens is 412 g/mol. The largest absolute Gasteiger partial charge is 0.395 e. The molecule has 1 N–H and O–H groups in total. The van der Waals surface area contributed by atoms with Crippen LogP contribution in [0.2, 0.25) is 0 Å². The van der Waals surface area contributed by atoms with Gasteiger partial charge in [-0.3, -0.25) is 4.79 Å². The minimum atomic E-state index is -0.397. The molecule has 2 aromatic heterocycles. The van der Waals surface area contributed by atoms with Gasteiger partial charge in [0.15, 0.2) is 12.3 Å². The van der Waals surface area contributed by atoms with E-state index < -0.39 is 5.91 Å². The molecule has 0 unspecified atom stereocenters. The molecule has 3 aromatic rings. The Morgan fingerprint density at radius 1 is 1.09 bits per heavy atom. The number of amides is 1. The molecule has 0 saturated carbocycles. The number of oxime groups is 2. The molecule has 0 aliphatic heterocycles. The van der Waals surface area contributed by atoms with Gasteiger partial charge in [0.2, 0.25) is 5.82 Å². The zero-order chi connectivity index (χ0) is 22.8. The number of hydrogen-bond donors (Lipinski definition) is 1. The summed E-state index contributed by atoms with van der Waals surface area (Å²) in [6.45, 7) is 4.06. The first kappa shape index (κ1) is 22.5. The number of benzene rings is 1. The van der Waals surface area contributed by atoms with Gasteiger partial charge < -0.3 is 15.0 Å². The fraction of sp³-hybridized carbons (Fsp3) is 0.286.